The van der Waals surface area contributed by atoms with E-state index in [2.05, 4.69) is 10.4 Å². The number of carbonyl (C=O) groups excluding carboxylic acids is 3. The van der Waals surface area contributed by atoms with Crippen molar-refractivity contribution in [2.75, 3.05) is 11.9 Å². The van der Waals surface area contributed by atoms with Gasteiger partial charge in [-0.2, -0.15) is 5.10 Å². The van der Waals surface area contributed by atoms with Gasteiger partial charge in [0.25, 0.3) is 5.69 Å². The molecule has 2 amide bonds. The van der Waals surface area contributed by atoms with Crippen LogP contribution >= 0.6 is 11.3 Å². The van der Waals surface area contributed by atoms with Crippen LogP contribution in [0.3, 0.4) is 0 Å². The number of ether oxygens (including phenoxy) is 1. The van der Waals surface area contributed by atoms with Gasteiger partial charge in [0.15, 0.2) is 0 Å². The minimum atomic E-state index is -1.07. The number of fused-ring (bicyclic) bond motifs is 1. The van der Waals surface area contributed by atoms with Crippen LogP contribution in [-0.2, 0) is 27.2 Å². The molecular formula is C21H22N4O6S. The van der Waals surface area contributed by atoms with E-state index in [-0.39, 0.29) is 22.9 Å². The van der Waals surface area contributed by atoms with Crippen molar-refractivity contribution in [2.45, 2.75) is 39.0 Å². The molecular weight excluding hydrogens is 436 g/mol. The molecule has 0 atom stereocenters. The van der Waals surface area contributed by atoms with Gasteiger partial charge < -0.3 is 10.1 Å². The van der Waals surface area contributed by atoms with Crippen LogP contribution in [0.5, 0.6) is 0 Å². The number of hydrogen-bond acceptors (Lipinski definition) is 8. The summed E-state index contributed by atoms with van der Waals surface area (Å²) in [7, 11) is 0. The van der Waals surface area contributed by atoms with Crippen molar-refractivity contribution in [3.05, 3.63) is 55.9 Å². The van der Waals surface area contributed by atoms with Crippen LogP contribution in [-0.4, -0.2) is 35.5 Å². The molecule has 0 aliphatic heterocycles. The van der Waals surface area contributed by atoms with Crippen LogP contribution in [0.2, 0.25) is 0 Å². The van der Waals surface area contributed by atoms with E-state index in [9.17, 15) is 24.5 Å². The molecule has 10 nitrogen and oxygen atoms in total. The van der Waals surface area contributed by atoms with Gasteiger partial charge in [-0.05, 0) is 44.2 Å². The molecule has 2 N–H and O–H groups in total. The summed E-state index contributed by atoms with van der Waals surface area (Å²) in [6, 6.07) is 5.84. The van der Waals surface area contributed by atoms with E-state index in [0.717, 1.165) is 42.3 Å². The van der Waals surface area contributed by atoms with Crippen molar-refractivity contribution in [1.29, 1.82) is 0 Å². The Morgan fingerprint density at radius 2 is 1.94 bits per heavy atom. The van der Waals surface area contributed by atoms with Crippen molar-refractivity contribution >= 4 is 46.0 Å². The van der Waals surface area contributed by atoms with Gasteiger partial charge >= 0.3 is 17.8 Å². The third-order valence-electron chi connectivity index (χ3n) is 4.84. The van der Waals surface area contributed by atoms with Crippen molar-refractivity contribution in [3.63, 3.8) is 0 Å². The average molecular weight is 458 g/mol. The Morgan fingerprint density at radius 1 is 1.19 bits per heavy atom. The molecule has 11 heteroatoms. The van der Waals surface area contributed by atoms with Crippen LogP contribution in [0.15, 0.2) is 29.4 Å². The van der Waals surface area contributed by atoms with E-state index >= 15 is 0 Å². The Labute approximate surface area is 187 Å². The third-order valence-corrected chi connectivity index (χ3v) is 6.04. The minimum absolute atomic E-state index is 0.171. The van der Waals surface area contributed by atoms with Gasteiger partial charge in [0.1, 0.15) is 5.00 Å². The number of benzene rings is 1. The zero-order valence-electron chi connectivity index (χ0n) is 17.4. The number of nitrogens with zero attached hydrogens (tertiary/aromatic N) is 2. The third kappa shape index (κ3) is 5.35. The standard InChI is InChI=1S/C21H22N4O6S/c1-2-31-21(28)17-14-9-4-3-5-11-16(14)32-20(17)23-18(26)19(27)24-22-12-13-8-6-7-10-15(13)25(29)30/h6-8,10,12H,2-5,9,11H2,1H3,(H,23,26)(H,24,27)/b22-12+. The number of carbonyl (C=O) groups is 3. The smallest absolute Gasteiger partial charge is 0.341 e. The monoisotopic (exact) mass is 458 g/mol. The van der Waals surface area contributed by atoms with Gasteiger partial charge in [0.05, 0.1) is 28.9 Å². The number of aryl methyl sites for hydroxylation is 1. The van der Waals surface area contributed by atoms with E-state index in [0.29, 0.717) is 12.0 Å². The molecule has 1 aliphatic carbocycles. The van der Waals surface area contributed by atoms with E-state index in [1.165, 1.54) is 29.5 Å². The SMILES string of the molecule is CCOC(=O)c1c(NC(=O)C(=O)N/N=C/c2ccccc2[N+](=O)[O-])sc2c1CCCCC2. The number of amides is 2. The first-order chi connectivity index (χ1) is 15.4. The summed E-state index contributed by atoms with van der Waals surface area (Å²) in [4.78, 5) is 48.6. The number of nitro groups is 1. The Hall–Kier alpha value is -3.60. The molecule has 32 heavy (non-hydrogen) atoms. The molecule has 0 fully saturated rings. The Balaban J connectivity index is 1.73. The number of rotatable bonds is 6. The summed E-state index contributed by atoms with van der Waals surface area (Å²) in [5.74, 6) is -2.61. The van der Waals surface area contributed by atoms with Crippen molar-refractivity contribution in [2.24, 2.45) is 5.10 Å². The molecule has 0 bridgehead atoms. The molecule has 0 spiro atoms. The molecule has 0 radical (unpaired) electrons. The molecule has 168 valence electrons. The lowest BCUT2D eigenvalue weighted by Gasteiger charge is -2.08. The first-order valence-corrected chi connectivity index (χ1v) is 10.9. The van der Waals surface area contributed by atoms with Gasteiger partial charge in [-0.15, -0.1) is 11.3 Å². The molecule has 1 aromatic carbocycles. The number of para-hydroxylation sites is 1. The molecule has 0 saturated heterocycles. The fraction of sp³-hybridized carbons (Fsp3) is 0.333. The maximum Gasteiger partial charge on any atom is 0.341 e. The lowest BCUT2D eigenvalue weighted by Crippen LogP contribution is -2.32. The van der Waals surface area contributed by atoms with E-state index < -0.39 is 22.7 Å². The quantitative estimate of drug-likeness (QED) is 0.170. The normalized spacial score (nSPS) is 13.2. The molecule has 1 aromatic heterocycles. The second kappa shape index (κ2) is 10.6. The summed E-state index contributed by atoms with van der Waals surface area (Å²) in [6.45, 7) is 1.89. The lowest BCUT2D eigenvalue weighted by atomic mass is 10.1. The first kappa shape index (κ1) is 23.1. The van der Waals surface area contributed by atoms with Crippen molar-refractivity contribution in [1.82, 2.24) is 5.43 Å². The second-order valence-corrected chi connectivity index (χ2v) is 8.06. The van der Waals surface area contributed by atoms with Gasteiger partial charge in [-0.25, -0.2) is 10.2 Å². The van der Waals surface area contributed by atoms with Crippen LogP contribution < -0.4 is 10.7 Å². The number of nitro benzene ring substituents is 1. The predicted octanol–water partition coefficient (Wildman–Crippen LogP) is 3.19. The van der Waals surface area contributed by atoms with Crippen LogP contribution in [0.4, 0.5) is 10.7 Å². The van der Waals surface area contributed by atoms with Crippen molar-refractivity contribution < 1.29 is 24.0 Å². The average Bonchev–Trinajstić information content (AvgIpc) is 2.94. The second-order valence-electron chi connectivity index (χ2n) is 6.96. The van der Waals surface area contributed by atoms with E-state index in [4.69, 9.17) is 4.74 Å². The van der Waals surface area contributed by atoms with Crippen molar-refractivity contribution in [3.8, 4) is 0 Å². The summed E-state index contributed by atoms with van der Waals surface area (Å²) < 4.78 is 5.16. The number of hydrazone groups is 1. The van der Waals surface area contributed by atoms with Crippen LogP contribution in [0.25, 0.3) is 0 Å². The molecule has 0 saturated carbocycles. The fourth-order valence-electron chi connectivity index (χ4n) is 3.38. The number of thiophene rings is 1. The van der Waals surface area contributed by atoms with E-state index in [1.807, 2.05) is 5.43 Å². The number of nitrogens with one attached hydrogen (secondary N) is 2. The van der Waals surface area contributed by atoms with Crippen LogP contribution in [0.1, 0.15) is 52.5 Å². The highest BCUT2D eigenvalue weighted by molar-refractivity contribution is 7.17. The largest absolute Gasteiger partial charge is 0.462 e. The Kier molecular flexibility index (Phi) is 7.66. The number of hydrogen-bond donors (Lipinski definition) is 2. The van der Waals surface area contributed by atoms with Crippen LogP contribution in [0, 0.1) is 10.1 Å². The maximum absolute atomic E-state index is 12.5. The predicted molar refractivity (Wildman–Crippen MR) is 119 cm³/mol. The molecule has 2 aromatic rings. The summed E-state index contributed by atoms with van der Waals surface area (Å²) >= 11 is 1.27. The zero-order chi connectivity index (χ0) is 23.1. The lowest BCUT2D eigenvalue weighted by molar-refractivity contribution is -0.385. The van der Waals surface area contributed by atoms with Gasteiger partial charge in [0.2, 0.25) is 0 Å². The highest BCUT2D eigenvalue weighted by atomic mass is 32.1. The Bertz CT molecular complexity index is 1080. The molecule has 1 aliphatic rings. The summed E-state index contributed by atoms with van der Waals surface area (Å²) in [6.07, 6.45) is 5.58. The van der Waals surface area contributed by atoms with Gasteiger partial charge in [-0.1, -0.05) is 18.6 Å². The first-order valence-electron chi connectivity index (χ1n) is 10.1. The highest BCUT2D eigenvalue weighted by Crippen LogP contribution is 2.38. The topological polar surface area (TPSA) is 140 Å². The maximum atomic E-state index is 12.5. The Morgan fingerprint density at radius 3 is 2.69 bits per heavy atom. The summed E-state index contributed by atoms with van der Waals surface area (Å²) in [5, 5.41) is 17.4. The molecule has 1 heterocycles. The number of esters is 1. The molecule has 3 rings (SSSR count). The van der Waals surface area contributed by atoms with Gasteiger partial charge in [0, 0.05) is 10.9 Å². The molecule has 0 unspecified atom stereocenters. The van der Waals surface area contributed by atoms with E-state index in [1.54, 1.807) is 13.0 Å². The zero-order valence-corrected chi connectivity index (χ0v) is 18.2. The summed E-state index contributed by atoms with van der Waals surface area (Å²) in [5.41, 5.74) is 3.21. The minimum Gasteiger partial charge on any atom is -0.462 e. The highest BCUT2D eigenvalue weighted by Gasteiger charge is 2.27. The fourth-order valence-corrected chi connectivity index (χ4v) is 4.66. The number of anilines is 1. The van der Waals surface area contributed by atoms with Gasteiger partial charge in [-0.3, -0.25) is 19.7 Å².